The lowest BCUT2D eigenvalue weighted by molar-refractivity contribution is -0.385. The lowest BCUT2D eigenvalue weighted by atomic mass is 9.83. The maximum Gasteiger partial charge on any atom is 0.282 e. The van der Waals surface area contributed by atoms with E-state index in [0.717, 1.165) is 0 Å². The second-order valence-electron chi connectivity index (χ2n) is 6.16. The highest BCUT2D eigenvalue weighted by Gasteiger charge is 2.32. The third kappa shape index (κ3) is 2.66. The van der Waals surface area contributed by atoms with Crippen LogP contribution in [0.2, 0.25) is 0 Å². The Labute approximate surface area is 158 Å². The first-order chi connectivity index (χ1) is 13.5. The van der Waals surface area contributed by atoms with Crippen LogP contribution in [0.1, 0.15) is 42.2 Å². The van der Waals surface area contributed by atoms with Crippen LogP contribution in [0.3, 0.4) is 0 Å². The largest absolute Gasteiger partial charge is 0.321 e. The molecule has 0 heterocycles. The van der Waals surface area contributed by atoms with Gasteiger partial charge in [-0.05, 0) is 12.1 Å². The fourth-order valence-electron chi connectivity index (χ4n) is 3.26. The standard InChI is InChI=1S/C21H12N2O5/c24-19-12-6-1-2-7-13(12)20(25)18-15(19)9-5-10-16(18)22-21(26)14-8-3-4-11-17(14)23(27)28/h1-11H,(H,22,26). The van der Waals surface area contributed by atoms with Crippen LogP contribution in [0.15, 0.2) is 66.7 Å². The zero-order chi connectivity index (χ0) is 19.8. The van der Waals surface area contributed by atoms with Gasteiger partial charge >= 0.3 is 0 Å². The van der Waals surface area contributed by atoms with Crippen LogP contribution in [-0.2, 0) is 0 Å². The summed E-state index contributed by atoms with van der Waals surface area (Å²) in [7, 11) is 0. The number of nitrogens with zero attached hydrogens (tertiary/aromatic N) is 1. The molecule has 0 fully saturated rings. The molecule has 3 aromatic rings. The number of benzene rings is 3. The quantitative estimate of drug-likeness (QED) is 0.437. The number of para-hydroxylation sites is 1. The molecule has 0 radical (unpaired) electrons. The number of hydrogen-bond donors (Lipinski definition) is 1. The van der Waals surface area contributed by atoms with Crippen LogP contribution in [0.5, 0.6) is 0 Å². The van der Waals surface area contributed by atoms with E-state index in [4.69, 9.17) is 0 Å². The van der Waals surface area contributed by atoms with Crippen molar-refractivity contribution in [2.24, 2.45) is 0 Å². The number of carbonyl (C=O) groups excluding carboxylic acids is 3. The van der Waals surface area contributed by atoms with Crippen molar-refractivity contribution in [2.75, 3.05) is 5.32 Å². The van der Waals surface area contributed by atoms with E-state index in [1.54, 1.807) is 30.3 Å². The lowest BCUT2D eigenvalue weighted by Gasteiger charge is -2.20. The zero-order valence-corrected chi connectivity index (χ0v) is 14.3. The fourth-order valence-corrected chi connectivity index (χ4v) is 3.26. The van der Waals surface area contributed by atoms with Gasteiger partial charge in [0.2, 0.25) is 0 Å². The van der Waals surface area contributed by atoms with E-state index in [-0.39, 0.29) is 45.2 Å². The van der Waals surface area contributed by atoms with E-state index in [2.05, 4.69) is 5.32 Å². The van der Waals surface area contributed by atoms with Crippen LogP contribution >= 0.6 is 0 Å². The Morgan fingerprint density at radius 2 is 1.39 bits per heavy atom. The van der Waals surface area contributed by atoms with Gasteiger partial charge < -0.3 is 5.32 Å². The van der Waals surface area contributed by atoms with E-state index in [9.17, 15) is 24.5 Å². The van der Waals surface area contributed by atoms with Gasteiger partial charge in [0.1, 0.15) is 5.56 Å². The van der Waals surface area contributed by atoms with Crippen molar-refractivity contribution < 1.29 is 19.3 Å². The SMILES string of the molecule is O=C(Nc1cccc2c1C(=O)c1ccccc1C2=O)c1ccccc1[N+](=O)[O-]. The van der Waals surface area contributed by atoms with Gasteiger partial charge in [-0.2, -0.15) is 0 Å². The third-order valence-electron chi connectivity index (χ3n) is 4.55. The number of nitrogens with one attached hydrogen (secondary N) is 1. The zero-order valence-electron chi connectivity index (χ0n) is 14.3. The van der Waals surface area contributed by atoms with Crippen molar-refractivity contribution in [3.63, 3.8) is 0 Å². The molecule has 0 unspecified atom stereocenters. The first-order valence-electron chi connectivity index (χ1n) is 8.35. The first-order valence-corrected chi connectivity index (χ1v) is 8.35. The molecule has 0 spiro atoms. The molecule has 1 aliphatic carbocycles. The van der Waals surface area contributed by atoms with Crippen molar-refractivity contribution in [2.45, 2.75) is 0 Å². The number of amides is 1. The summed E-state index contributed by atoms with van der Waals surface area (Å²) in [6.07, 6.45) is 0. The van der Waals surface area contributed by atoms with Crippen molar-refractivity contribution in [1.29, 1.82) is 0 Å². The molecule has 0 saturated carbocycles. The number of ketones is 2. The normalized spacial score (nSPS) is 12.1. The summed E-state index contributed by atoms with van der Waals surface area (Å²) in [5, 5.41) is 13.7. The topological polar surface area (TPSA) is 106 Å². The number of nitro groups is 1. The van der Waals surface area contributed by atoms with Gasteiger partial charge in [-0.1, -0.05) is 48.5 Å². The maximum atomic E-state index is 13.0. The maximum absolute atomic E-state index is 13.0. The molecule has 0 atom stereocenters. The molecule has 0 saturated heterocycles. The number of nitro benzene ring substituents is 1. The van der Waals surface area contributed by atoms with Crippen LogP contribution in [-0.4, -0.2) is 22.4 Å². The van der Waals surface area contributed by atoms with Crippen LogP contribution < -0.4 is 5.32 Å². The molecule has 4 rings (SSSR count). The minimum Gasteiger partial charge on any atom is -0.321 e. The number of hydrogen-bond acceptors (Lipinski definition) is 5. The summed E-state index contributed by atoms with van der Waals surface area (Å²) in [5.41, 5.74) is 0.475. The lowest BCUT2D eigenvalue weighted by Crippen LogP contribution is -2.24. The van der Waals surface area contributed by atoms with Crippen LogP contribution in [0, 0.1) is 10.1 Å². The second-order valence-corrected chi connectivity index (χ2v) is 6.16. The fraction of sp³-hybridized carbons (Fsp3) is 0. The highest BCUT2D eigenvalue weighted by atomic mass is 16.6. The Balaban J connectivity index is 1.78. The molecule has 1 aliphatic rings. The Morgan fingerprint density at radius 3 is 2.11 bits per heavy atom. The van der Waals surface area contributed by atoms with Crippen molar-refractivity contribution >= 4 is 28.8 Å². The minimum absolute atomic E-state index is 0.0816. The van der Waals surface area contributed by atoms with E-state index in [0.29, 0.717) is 5.56 Å². The molecule has 0 aromatic heterocycles. The Kier molecular flexibility index (Phi) is 4.04. The molecule has 28 heavy (non-hydrogen) atoms. The Morgan fingerprint density at radius 1 is 0.786 bits per heavy atom. The van der Waals surface area contributed by atoms with Gasteiger partial charge in [0, 0.05) is 22.8 Å². The first kappa shape index (κ1) is 17.3. The average molecular weight is 372 g/mol. The van der Waals surface area contributed by atoms with Crippen molar-refractivity contribution in [1.82, 2.24) is 0 Å². The second kappa shape index (κ2) is 6.55. The third-order valence-corrected chi connectivity index (χ3v) is 4.55. The molecule has 7 nitrogen and oxygen atoms in total. The van der Waals surface area contributed by atoms with Gasteiger partial charge in [-0.25, -0.2) is 0 Å². The monoisotopic (exact) mass is 372 g/mol. The number of carbonyl (C=O) groups is 3. The summed E-state index contributed by atoms with van der Waals surface area (Å²) < 4.78 is 0. The van der Waals surface area contributed by atoms with Gasteiger partial charge in [0.25, 0.3) is 11.6 Å². The average Bonchev–Trinajstić information content (AvgIpc) is 2.72. The van der Waals surface area contributed by atoms with Crippen LogP contribution in [0.4, 0.5) is 11.4 Å². The summed E-state index contributed by atoms with van der Waals surface area (Å²) in [6.45, 7) is 0. The summed E-state index contributed by atoms with van der Waals surface area (Å²) in [6, 6.07) is 16.5. The summed E-state index contributed by atoms with van der Waals surface area (Å²) in [4.78, 5) is 48.9. The van der Waals surface area contributed by atoms with E-state index >= 15 is 0 Å². The Hall–Kier alpha value is -4.13. The van der Waals surface area contributed by atoms with Crippen molar-refractivity contribution in [3.05, 3.63) is 105 Å². The highest BCUT2D eigenvalue weighted by Crippen LogP contribution is 2.32. The molecule has 1 amide bonds. The van der Waals surface area contributed by atoms with E-state index < -0.39 is 10.8 Å². The van der Waals surface area contributed by atoms with Crippen molar-refractivity contribution in [3.8, 4) is 0 Å². The molecular formula is C21H12N2O5. The molecule has 3 aromatic carbocycles. The number of anilines is 1. The smallest absolute Gasteiger partial charge is 0.282 e. The predicted octanol–water partition coefficient (Wildman–Crippen LogP) is 3.62. The highest BCUT2D eigenvalue weighted by molar-refractivity contribution is 6.30. The molecular weight excluding hydrogens is 360 g/mol. The molecule has 0 bridgehead atoms. The van der Waals surface area contributed by atoms with Gasteiger partial charge in [-0.3, -0.25) is 24.5 Å². The van der Waals surface area contributed by atoms with Crippen LogP contribution in [0.25, 0.3) is 0 Å². The number of fused-ring (bicyclic) bond motifs is 2. The van der Waals surface area contributed by atoms with Gasteiger partial charge in [0.15, 0.2) is 11.6 Å². The molecule has 136 valence electrons. The molecule has 0 aliphatic heterocycles. The number of rotatable bonds is 3. The molecule has 7 heteroatoms. The summed E-state index contributed by atoms with van der Waals surface area (Å²) >= 11 is 0. The van der Waals surface area contributed by atoms with E-state index in [1.165, 1.54) is 36.4 Å². The van der Waals surface area contributed by atoms with E-state index in [1.807, 2.05) is 0 Å². The summed E-state index contributed by atoms with van der Waals surface area (Å²) in [5.74, 6) is -1.43. The predicted molar refractivity (Wildman–Crippen MR) is 101 cm³/mol. The van der Waals surface area contributed by atoms with Gasteiger partial charge in [-0.15, -0.1) is 0 Å². The van der Waals surface area contributed by atoms with Gasteiger partial charge in [0.05, 0.1) is 16.2 Å². The molecule has 1 N–H and O–H groups in total. The minimum atomic E-state index is -0.736. The Bertz CT molecular complexity index is 1180.